The molecule has 0 saturated heterocycles. The first kappa shape index (κ1) is 25.3. The van der Waals surface area contributed by atoms with E-state index in [1.165, 1.54) is 95.6 Å². The van der Waals surface area contributed by atoms with Crippen LogP contribution >= 0.6 is 11.8 Å². The summed E-state index contributed by atoms with van der Waals surface area (Å²) in [5.74, 6) is 2.59. The second-order valence-corrected chi connectivity index (χ2v) is 8.53. The van der Waals surface area contributed by atoms with Crippen LogP contribution in [0.2, 0.25) is 0 Å². The maximum atomic E-state index is 9.28. The van der Waals surface area contributed by atoms with E-state index in [0.29, 0.717) is 12.5 Å². The SMILES string of the molecule is CCCCCCCCCCCCCCCCSCC(CO)COCC. The van der Waals surface area contributed by atoms with Crippen molar-refractivity contribution in [3.63, 3.8) is 0 Å². The van der Waals surface area contributed by atoms with Crippen molar-refractivity contribution in [2.45, 2.75) is 104 Å². The number of hydrogen-bond acceptors (Lipinski definition) is 3. The Hall–Kier alpha value is 0.270. The number of rotatable bonds is 21. The van der Waals surface area contributed by atoms with Crippen molar-refractivity contribution in [3.8, 4) is 0 Å². The van der Waals surface area contributed by atoms with Gasteiger partial charge in [-0.3, -0.25) is 0 Å². The third-order valence-electron chi connectivity index (χ3n) is 4.81. The van der Waals surface area contributed by atoms with Crippen LogP contribution in [0.1, 0.15) is 104 Å². The minimum Gasteiger partial charge on any atom is -0.396 e. The molecule has 1 unspecified atom stereocenters. The number of unbranched alkanes of at least 4 members (excludes halogenated alkanes) is 13. The molecule has 0 saturated carbocycles. The fraction of sp³-hybridized carbons (Fsp3) is 1.00. The summed E-state index contributed by atoms with van der Waals surface area (Å²) in [6, 6.07) is 0. The maximum Gasteiger partial charge on any atom is 0.0523 e. The third kappa shape index (κ3) is 20.4. The van der Waals surface area contributed by atoms with Crippen LogP contribution in [-0.2, 0) is 4.74 Å². The Morgan fingerprint density at radius 1 is 0.720 bits per heavy atom. The molecule has 0 fully saturated rings. The molecular weight excluding hydrogens is 328 g/mol. The standard InChI is InChI=1S/C22H46O2S/c1-3-5-6-7-8-9-10-11-12-13-14-15-16-17-18-25-21-22(19-23)20-24-4-2/h22-23H,3-21H2,1-2H3. The lowest BCUT2D eigenvalue weighted by atomic mass is 10.0. The molecule has 2 nitrogen and oxygen atoms in total. The molecule has 152 valence electrons. The molecule has 0 spiro atoms. The molecule has 0 radical (unpaired) electrons. The van der Waals surface area contributed by atoms with E-state index in [1.807, 2.05) is 18.7 Å². The topological polar surface area (TPSA) is 29.5 Å². The summed E-state index contributed by atoms with van der Waals surface area (Å²) in [4.78, 5) is 0. The number of ether oxygens (including phenoxy) is 1. The molecule has 0 aromatic carbocycles. The lowest BCUT2D eigenvalue weighted by Gasteiger charge is -2.13. The smallest absolute Gasteiger partial charge is 0.0523 e. The highest BCUT2D eigenvalue weighted by Gasteiger charge is 2.07. The lowest BCUT2D eigenvalue weighted by Crippen LogP contribution is -2.16. The largest absolute Gasteiger partial charge is 0.396 e. The molecule has 0 aromatic heterocycles. The summed E-state index contributed by atoms with van der Waals surface area (Å²) >= 11 is 1.98. The Kier molecular flexibility index (Phi) is 22.6. The normalized spacial score (nSPS) is 12.6. The van der Waals surface area contributed by atoms with Gasteiger partial charge in [0.05, 0.1) is 6.61 Å². The van der Waals surface area contributed by atoms with E-state index in [-0.39, 0.29) is 6.61 Å². The first-order chi connectivity index (χ1) is 12.3. The van der Waals surface area contributed by atoms with Crippen molar-refractivity contribution in [2.24, 2.45) is 5.92 Å². The van der Waals surface area contributed by atoms with Gasteiger partial charge in [-0.25, -0.2) is 0 Å². The molecule has 25 heavy (non-hydrogen) atoms. The van der Waals surface area contributed by atoms with Crippen molar-refractivity contribution in [3.05, 3.63) is 0 Å². The number of aliphatic hydroxyl groups is 1. The Morgan fingerprint density at radius 2 is 1.20 bits per heavy atom. The van der Waals surface area contributed by atoms with Gasteiger partial charge >= 0.3 is 0 Å². The van der Waals surface area contributed by atoms with Gasteiger partial charge in [-0.1, -0.05) is 90.4 Å². The van der Waals surface area contributed by atoms with Gasteiger partial charge in [-0.15, -0.1) is 0 Å². The quantitative estimate of drug-likeness (QED) is 0.223. The van der Waals surface area contributed by atoms with Crippen molar-refractivity contribution in [1.82, 2.24) is 0 Å². The average molecular weight is 375 g/mol. The van der Waals surface area contributed by atoms with Crippen molar-refractivity contribution in [2.75, 3.05) is 31.3 Å². The molecule has 1 atom stereocenters. The third-order valence-corrected chi connectivity index (χ3v) is 6.10. The van der Waals surface area contributed by atoms with Crippen LogP contribution in [0.5, 0.6) is 0 Å². The van der Waals surface area contributed by atoms with Crippen LogP contribution in [0, 0.1) is 5.92 Å². The average Bonchev–Trinajstić information content (AvgIpc) is 2.63. The maximum absolute atomic E-state index is 9.28. The van der Waals surface area contributed by atoms with Crippen LogP contribution in [0.15, 0.2) is 0 Å². The second kappa shape index (κ2) is 22.3. The van der Waals surface area contributed by atoms with Crippen molar-refractivity contribution in [1.29, 1.82) is 0 Å². The predicted molar refractivity (Wildman–Crippen MR) is 115 cm³/mol. The highest BCUT2D eigenvalue weighted by Crippen LogP contribution is 2.15. The zero-order chi connectivity index (χ0) is 18.4. The van der Waals surface area contributed by atoms with Gasteiger partial charge in [0.2, 0.25) is 0 Å². The minimum atomic E-state index is 0.256. The second-order valence-electron chi connectivity index (χ2n) is 7.38. The first-order valence-electron chi connectivity index (χ1n) is 11.1. The van der Waals surface area contributed by atoms with Gasteiger partial charge in [0.15, 0.2) is 0 Å². The predicted octanol–water partition coefficient (Wildman–Crippen LogP) is 6.85. The number of hydrogen-bond donors (Lipinski definition) is 1. The Labute approximate surface area is 162 Å². The van der Waals surface area contributed by atoms with Gasteiger partial charge in [0.25, 0.3) is 0 Å². The summed E-state index contributed by atoms with van der Waals surface area (Å²) in [6.07, 6.45) is 19.9. The van der Waals surface area contributed by atoms with Gasteiger partial charge in [-0.2, -0.15) is 11.8 Å². The molecule has 0 heterocycles. The Morgan fingerprint density at radius 3 is 1.64 bits per heavy atom. The monoisotopic (exact) mass is 374 g/mol. The van der Waals surface area contributed by atoms with E-state index in [1.54, 1.807) is 0 Å². The molecule has 3 heteroatoms. The van der Waals surface area contributed by atoms with Gasteiger partial charge in [-0.05, 0) is 19.1 Å². The van der Waals surface area contributed by atoms with Crippen LogP contribution in [0.3, 0.4) is 0 Å². The summed E-state index contributed by atoms with van der Waals surface area (Å²) in [7, 11) is 0. The van der Waals surface area contributed by atoms with E-state index in [0.717, 1.165) is 12.4 Å². The van der Waals surface area contributed by atoms with E-state index in [9.17, 15) is 5.11 Å². The molecule has 0 bridgehead atoms. The fourth-order valence-corrected chi connectivity index (χ4v) is 4.20. The van der Waals surface area contributed by atoms with Gasteiger partial charge in [0.1, 0.15) is 0 Å². The van der Waals surface area contributed by atoms with Crippen LogP contribution in [0.4, 0.5) is 0 Å². The molecule has 0 amide bonds. The van der Waals surface area contributed by atoms with Crippen molar-refractivity contribution < 1.29 is 9.84 Å². The molecule has 0 aliphatic heterocycles. The van der Waals surface area contributed by atoms with Crippen LogP contribution < -0.4 is 0 Å². The lowest BCUT2D eigenvalue weighted by molar-refractivity contribution is 0.0903. The van der Waals surface area contributed by atoms with E-state index in [2.05, 4.69) is 6.92 Å². The van der Waals surface area contributed by atoms with Crippen LogP contribution in [-0.4, -0.2) is 36.4 Å². The molecule has 0 aliphatic carbocycles. The van der Waals surface area contributed by atoms with E-state index >= 15 is 0 Å². The molecule has 0 aliphatic rings. The number of aliphatic hydroxyl groups excluding tert-OH is 1. The fourth-order valence-electron chi connectivity index (χ4n) is 3.09. The summed E-state index contributed by atoms with van der Waals surface area (Å²) in [6.45, 7) is 6.01. The molecule has 1 N–H and O–H groups in total. The molecule has 0 rings (SSSR count). The van der Waals surface area contributed by atoms with Gasteiger partial charge in [0, 0.05) is 24.9 Å². The molecular formula is C22H46O2S. The first-order valence-corrected chi connectivity index (χ1v) is 12.3. The van der Waals surface area contributed by atoms with Crippen molar-refractivity contribution >= 4 is 11.8 Å². The zero-order valence-electron chi connectivity index (χ0n) is 17.3. The minimum absolute atomic E-state index is 0.256. The Bertz CT molecular complexity index is 236. The Balaban J connectivity index is 3.11. The number of thioether (sulfide) groups is 1. The highest BCUT2D eigenvalue weighted by molar-refractivity contribution is 7.99. The zero-order valence-corrected chi connectivity index (χ0v) is 18.1. The summed E-state index contributed by atoms with van der Waals surface area (Å²) < 4.78 is 5.39. The summed E-state index contributed by atoms with van der Waals surface area (Å²) in [5.41, 5.74) is 0. The molecule has 0 aromatic rings. The van der Waals surface area contributed by atoms with Crippen LogP contribution in [0.25, 0.3) is 0 Å². The van der Waals surface area contributed by atoms with E-state index < -0.39 is 0 Å². The highest BCUT2D eigenvalue weighted by atomic mass is 32.2. The van der Waals surface area contributed by atoms with Gasteiger partial charge < -0.3 is 9.84 Å². The van der Waals surface area contributed by atoms with E-state index in [4.69, 9.17) is 4.74 Å². The summed E-state index contributed by atoms with van der Waals surface area (Å²) in [5, 5.41) is 9.28.